The van der Waals surface area contributed by atoms with Crippen LogP contribution in [-0.4, -0.2) is 53.5 Å². The van der Waals surface area contributed by atoms with Gasteiger partial charge in [-0.05, 0) is 11.4 Å². The van der Waals surface area contributed by atoms with Crippen LogP contribution in [0.25, 0.3) is 9.88 Å². The molecule has 0 unspecified atom stereocenters. The second-order valence-corrected chi connectivity index (χ2v) is 6.71. The molecule has 1 fully saturated rings. The van der Waals surface area contributed by atoms with Crippen LogP contribution in [0.1, 0.15) is 5.69 Å². The van der Waals surface area contributed by atoms with Crippen LogP contribution in [-0.2, 0) is 16.1 Å². The average molecular weight is 337 g/mol. The molecule has 6 nitrogen and oxygen atoms in total. The third-order valence-corrected chi connectivity index (χ3v) is 5.21. The van der Waals surface area contributed by atoms with Gasteiger partial charge in [0, 0.05) is 12.4 Å². The van der Waals surface area contributed by atoms with Crippen molar-refractivity contribution in [1.82, 2.24) is 14.8 Å². The van der Waals surface area contributed by atoms with Crippen molar-refractivity contribution < 1.29 is 14.3 Å². The van der Waals surface area contributed by atoms with Crippen LogP contribution >= 0.6 is 22.7 Å². The molecule has 3 heterocycles. The summed E-state index contributed by atoms with van der Waals surface area (Å²) in [6, 6.07) is 4.02. The van der Waals surface area contributed by atoms with Gasteiger partial charge in [0.15, 0.2) is 0 Å². The van der Waals surface area contributed by atoms with Crippen LogP contribution in [0, 0.1) is 0 Å². The van der Waals surface area contributed by atoms with E-state index < -0.39 is 6.09 Å². The summed E-state index contributed by atoms with van der Waals surface area (Å²) in [7, 11) is 1.72. The summed E-state index contributed by atoms with van der Waals surface area (Å²) in [4.78, 5) is 32.2. The van der Waals surface area contributed by atoms with Crippen LogP contribution in [0.4, 0.5) is 4.79 Å². The molecule has 0 bridgehead atoms. The summed E-state index contributed by atoms with van der Waals surface area (Å²) in [5.74, 6) is -0.121. The van der Waals surface area contributed by atoms with E-state index >= 15 is 0 Å². The first-order chi connectivity index (χ1) is 10.6. The minimum atomic E-state index is -0.421. The molecular formula is C14H15N3O3S2. The lowest BCUT2D eigenvalue weighted by Gasteiger charge is -2.19. The molecule has 22 heavy (non-hydrogen) atoms. The third-order valence-electron chi connectivity index (χ3n) is 3.28. The van der Waals surface area contributed by atoms with E-state index in [0.29, 0.717) is 19.7 Å². The Labute approximate surface area is 135 Å². The van der Waals surface area contributed by atoms with Gasteiger partial charge in [-0.3, -0.25) is 9.69 Å². The van der Waals surface area contributed by atoms with Crippen LogP contribution in [0.5, 0.6) is 0 Å². The van der Waals surface area contributed by atoms with Gasteiger partial charge in [0.05, 0.1) is 23.7 Å². The Morgan fingerprint density at radius 2 is 2.36 bits per heavy atom. The zero-order valence-electron chi connectivity index (χ0n) is 12.0. The van der Waals surface area contributed by atoms with E-state index in [1.54, 1.807) is 34.6 Å². The maximum atomic E-state index is 12.1. The van der Waals surface area contributed by atoms with Gasteiger partial charge in [-0.25, -0.2) is 9.78 Å². The van der Waals surface area contributed by atoms with Gasteiger partial charge in [0.1, 0.15) is 18.2 Å². The highest BCUT2D eigenvalue weighted by Gasteiger charge is 2.25. The molecule has 1 saturated heterocycles. The molecule has 0 radical (unpaired) electrons. The SMILES string of the molecule is CN(Cc1csc(-c2cccs2)n1)C(=O)CN1CCOC1=O. The number of nitrogens with zero attached hydrogens (tertiary/aromatic N) is 3. The van der Waals surface area contributed by atoms with Crippen LogP contribution in [0.15, 0.2) is 22.9 Å². The van der Waals surface area contributed by atoms with E-state index in [0.717, 1.165) is 15.6 Å². The first kappa shape index (κ1) is 15.0. The number of thiophene rings is 1. The Kier molecular flexibility index (Phi) is 4.39. The lowest BCUT2D eigenvalue weighted by atomic mass is 10.4. The number of thiazole rings is 1. The monoisotopic (exact) mass is 337 g/mol. The zero-order chi connectivity index (χ0) is 15.5. The lowest BCUT2D eigenvalue weighted by molar-refractivity contribution is -0.131. The molecule has 116 valence electrons. The molecule has 0 N–H and O–H groups in total. The van der Waals surface area contributed by atoms with Crippen molar-refractivity contribution in [3.63, 3.8) is 0 Å². The standard InChI is InChI=1S/C14H15N3O3S2/c1-16(12(18)8-17-4-5-20-14(17)19)7-10-9-22-13(15-10)11-3-2-6-21-11/h2-3,6,9H,4-5,7-8H2,1H3. The highest BCUT2D eigenvalue weighted by atomic mass is 32.1. The van der Waals surface area contributed by atoms with E-state index in [-0.39, 0.29) is 12.5 Å². The number of aromatic nitrogens is 1. The molecule has 3 rings (SSSR count). The first-order valence-corrected chi connectivity index (χ1v) is 8.53. The number of amides is 2. The number of carbonyl (C=O) groups is 2. The van der Waals surface area contributed by atoms with Crippen molar-refractivity contribution in [3.05, 3.63) is 28.6 Å². The van der Waals surface area contributed by atoms with Crippen LogP contribution in [0.2, 0.25) is 0 Å². The predicted molar refractivity (Wildman–Crippen MR) is 84.8 cm³/mol. The molecule has 0 aromatic carbocycles. The lowest BCUT2D eigenvalue weighted by Crippen LogP contribution is -2.38. The van der Waals surface area contributed by atoms with Gasteiger partial charge >= 0.3 is 6.09 Å². The van der Waals surface area contributed by atoms with Crippen molar-refractivity contribution in [1.29, 1.82) is 0 Å². The summed E-state index contributed by atoms with van der Waals surface area (Å²) < 4.78 is 4.82. The second kappa shape index (κ2) is 6.45. The quantitative estimate of drug-likeness (QED) is 0.840. The van der Waals surface area contributed by atoms with Crippen molar-refractivity contribution >= 4 is 34.7 Å². The molecule has 2 aromatic rings. The van der Waals surface area contributed by atoms with Crippen LogP contribution in [0.3, 0.4) is 0 Å². The number of carbonyl (C=O) groups excluding carboxylic acids is 2. The van der Waals surface area contributed by atoms with Gasteiger partial charge in [-0.2, -0.15) is 0 Å². The molecule has 1 aliphatic heterocycles. The molecule has 0 atom stereocenters. The minimum Gasteiger partial charge on any atom is -0.448 e. The number of likely N-dealkylation sites (N-methyl/N-ethyl adjacent to an activating group) is 1. The molecule has 2 aromatic heterocycles. The van der Waals surface area contributed by atoms with Crippen molar-refractivity contribution in [2.75, 3.05) is 26.7 Å². The zero-order valence-corrected chi connectivity index (χ0v) is 13.7. The summed E-state index contributed by atoms with van der Waals surface area (Å²) in [5.41, 5.74) is 0.855. The van der Waals surface area contributed by atoms with E-state index in [4.69, 9.17) is 4.74 Å². The highest BCUT2D eigenvalue weighted by Crippen LogP contribution is 2.28. The van der Waals surface area contributed by atoms with E-state index in [9.17, 15) is 9.59 Å². The Hall–Kier alpha value is -1.93. The molecule has 0 spiro atoms. The predicted octanol–water partition coefficient (Wildman–Crippen LogP) is 2.28. The largest absolute Gasteiger partial charge is 0.448 e. The van der Waals surface area contributed by atoms with Crippen LogP contribution < -0.4 is 0 Å². The van der Waals surface area contributed by atoms with Gasteiger partial charge < -0.3 is 9.64 Å². The van der Waals surface area contributed by atoms with Crippen molar-refractivity contribution in [3.8, 4) is 9.88 Å². The number of hydrogen-bond acceptors (Lipinski definition) is 6. The Balaban J connectivity index is 1.58. The Morgan fingerprint density at radius 3 is 3.05 bits per heavy atom. The summed E-state index contributed by atoms with van der Waals surface area (Å²) >= 11 is 3.22. The van der Waals surface area contributed by atoms with E-state index in [2.05, 4.69) is 4.98 Å². The molecule has 2 amide bonds. The smallest absolute Gasteiger partial charge is 0.410 e. The average Bonchev–Trinajstić information content (AvgIpc) is 3.21. The third kappa shape index (κ3) is 3.28. The summed E-state index contributed by atoms with van der Waals surface area (Å²) in [6.07, 6.45) is -0.421. The van der Waals surface area contributed by atoms with Gasteiger partial charge in [-0.15, -0.1) is 22.7 Å². The Morgan fingerprint density at radius 1 is 1.50 bits per heavy atom. The summed E-state index contributed by atoms with van der Waals surface area (Å²) in [6.45, 7) is 1.31. The Bertz CT molecular complexity index is 669. The second-order valence-electron chi connectivity index (χ2n) is 4.91. The van der Waals surface area contributed by atoms with E-state index in [1.165, 1.54) is 4.90 Å². The number of hydrogen-bond donors (Lipinski definition) is 0. The molecule has 0 aliphatic carbocycles. The fourth-order valence-electron chi connectivity index (χ4n) is 2.08. The highest BCUT2D eigenvalue weighted by molar-refractivity contribution is 7.20. The summed E-state index contributed by atoms with van der Waals surface area (Å²) in [5, 5.41) is 4.94. The normalized spacial score (nSPS) is 14.2. The number of cyclic esters (lactones) is 1. The minimum absolute atomic E-state index is 0.0528. The van der Waals surface area contributed by atoms with E-state index in [1.807, 2.05) is 22.9 Å². The van der Waals surface area contributed by atoms with Gasteiger partial charge in [-0.1, -0.05) is 6.07 Å². The first-order valence-electron chi connectivity index (χ1n) is 6.77. The fraction of sp³-hybridized carbons (Fsp3) is 0.357. The molecule has 0 saturated carbocycles. The van der Waals surface area contributed by atoms with Gasteiger partial charge in [0.25, 0.3) is 0 Å². The fourth-order valence-corrected chi connectivity index (χ4v) is 3.70. The van der Waals surface area contributed by atoms with Crippen molar-refractivity contribution in [2.45, 2.75) is 6.54 Å². The molecule has 8 heteroatoms. The van der Waals surface area contributed by atoms with Gasteiger partial charge in [0.2, 0.25) is 5.91 Å². The van der Waals surface area contributed by atoms with Crippen molar-refractivity contribution in [2.24, 2.45) is 0 Å². The maximum Gasteiger partial charge on any atom is 0.410 e. The number of ether oxygens (including phenoxy) is 1. The number of rotatable bonds is 5. The molecular weight excluding hydrogens is 322 g/mol. The topological polar surface area (TPSA) is 62.7 Å². The molecule has 1 aliphatic rings. The maximum absolute atomic E-state index is 12.1.